The standard InChI is InChI=1S/C15H13ClN4O2/c1-9-7-13(21)19-12(18-9)5-6-20-8-17-14-10(15(20)22)3-2-4-11(14)16/h2-4,7-8H,5-6H2,1H3,(H,18,19,21). The van der Waals surface area contributed by atoms with Gasteiger partial charge in [-0.05, 0) is 19.1 Å². The molecule has 0 amide bonds. The summed E-state index contributed by atoms with van der Waals surface area (Å²) in [5.74, 6) is 0.545. The molecule has 0 spiro atoms. The van der Waals surface area contributed by atoms with Crippen molar-refractivity contribution in [1.29, 1.82) is 0 Å². The summed E-state index contributed by atoms with van der Waals surface area (Å²) in [6, 6.07) is 6.54. The third-order valence-electron chi connectivity index (χ3n) is 3.31. The maximum absolute atomic E-state index is 12.4. The highest BCUT2D eigenvalue weighted by Gasteiger charge is 2.07. The quantitative estimate of drug-likeness (QED) is 0.797. The van der Waals surface area contributed by atoms with E-state index >= 15 is 0 Å². The molecule has 6 nitrogen and oxygen atoms in total. The number of hydrogen-bond donors (Lipinski definition) is 1. The summed E-state index contributed by atoms with van der Waals surface area (Å²) in [6.45, 7) is 2.13. The van der Waals surface area contributed by atoms with Crippen LogP contribution in [0.3, 0.4) is 0 Å². The van der Waals surface area contributed by atoms with Gasteiger partial charge in [-0.15, -0.1) is 0 Å². The first-order valence-corrected chi connectivity index (χ1v) is 7.13. The predicted octanol–water partition coefficient (Wildman–Crippen LogP) is 1.68. The van der Waals surface area contributed by atoms with Gasteiger partial charge >= 0.3 is 0 Å². The van der Waals surface area contributed by atoms with Crippen LogP contribution in [0.5, 0.6) is 0 Å². The lowest BCUT2D eigenvalue weighted by Crippen LogP contribution is -2.23. The van der Waals surface area contributed by atoms with Gasteiger partial charge in [0.25, 0.3) is 11.1 Å². The smallest absolute Gasteiger partial charge is 0.261 e. The van der Waals surface area contributed by atoms with Gasteiger partial charge in [-0.2, -0.15) is 0 Å². The molecule has 0 radical (unpaired) electrons. The van der Waals surface area contributed by atoms with Crippen LogP contribution in [0.2, 0.25) is 5.02 Å². The van der Waals surface area contributed by atoms with Crippen LogP contribution in [0.4, 0.5) is 0 Å². The lowest BCUT2D eigenvalue weighted by molar-refractivity contribution is 0.639. The fourth-order valence-electron chi connectivity index (χ4n) is 2.30. The van der Waals surface area contributed by atoms with Crippen molar-refractivity contribution < 1.29 is 0 Å². The van der Waals surface area contributed by atoms with Crippen molar-refractivity contribution in [2.24, 2.45) is 0 Å². The molecule has 1 aromatic carbocycles. The molecule has 0 aliphatic heterocycles. The van der Waals surface area contributed by atoms with Crippen LogP contribution in [0.25, 0.3) is 10.9 Å². The van der Waals surface area contributed by atoms with Crippen LogP contribution >= 0.6 is 11.6 Å². The number of rotatable bonds is 3. The first-order chi connectivity index (χ1) is 10.5. The van der Waals surface area contributed by atoms with Gasteiger partial charge in [0, 0.05) is 24.7 Å². The van der Waals surface area contributed by atoms with E-state index in [4.69, 9.17) is 11.6 Å². The van der Waals surface area contributed by atoms with Crippen molar-refractivity contribution in [1.82, 2.24) is 19.5 Å². The summed E-state index contributed by atoms with van der Waals surface area (Å²) in [5, 5.41) is 0.923. The van der Waals surface area contributed by atoms with E-state index in [1.54, 1.807) is 25.1 Å². The summed E-state index contributed by atoms with van der Waals surface area (Å²) in [7, 11) is 0. The zero-order valence-corrected chi connectivity index (χ0v) is 12.6. The fourth-order valence-corrected chi connectivity index (χ4v) is 2.52. The Morgan fingerprint density at radius 3 is 2.91 bits per heavy atom. The van der Waals surface area contributed by atoms with Gasteiger partial charge in [-0.25, -0.2) is 9.97 Å². The molecule has 112 valence electrons. The molecule has 0 aliphatic rings. The van der Waals surface area contributed by atoms with Crippen molar-refractivity contribution in [3.8, 4) is 0 Å². The molecule has 0 atom stereocenters. The molecule has 7 heteroatoms. The molecule has 2 heterocycles. The second-order valence-corrected chi connectivity index (χ2v) is 5.37. The van der Waals surface area contributed by atoms with Crippen LogP contribution in [0, 0.1) is 6.92 Å². The number of nitrogens with one attached hydrogen (secondary N) is 1. The van der Waals surface area contributed by atoms with Crippen LogP contribution in [0.15, 0.2) is 40.2 Å². The molecule has 0 unspecified atom stereocenters. The average Bonchev–Trinajstić information content (AvgIpc) is 2.46. The van der Waals surface area contributed by atoms with Crippen molar-refractivity contribution in [2.45, 2.75) is 19.9 Å². The van der Waals surface area contributed by atoms with Crippen LogP contribution in [-0.2, 0) is 13.0 Å². The minimum absolute atomic E-state index is 0.164. The van der Waals surface area contributed by atoms with E-state index in [0.29, 0.717) is 40.4 Å². The van der Waals surface area contributed by atoms with Gasteiger partial charge in [-0.1, -0.05) is 17.7 Å². The maximum atomic E-state index is 12.4. The third kappa shape index (κ3) is 2.78. The number of aromatic amines is 1. The molecule has 0 saturated carbocycles. The maximum Gasteiger partial charge on any atom is 0.261 e. The molecule has 2 aromatic heterocycles. The van der Waals surface area contributed by atoms with Crippen LogP contribution in [-0.4, -0.2) is 19.5 Å². The number of aryl methyl sites for hydroxylation is 3. The number of aromatic nitrogens is 4. The van der Waals surface area contributed by atoms with E-state index in [1.165, 1.54) is 17.0 Å². The van der Waals surface area contributed by atoms with Crippen LogP contribution in [0.1, 0.15) is 11.5 Å². The van der Waals surface area contributed by atoms with Crippen molar-refractivity contribution >= 4 is 22.5 Å². The van der Waals surface area contributed by atoms with Gasteiger partial charge in [0.2, 0.25) is 0 Å². The summed E-state index contributed by atoms with van der Waals surface area (Å²) in [6.07, 6.45) is 1.90. The summed E-state index contributed by atoms with van der Waals surface area (Å²) in [5.41, 5.74) is 0.780. The zero-order valence-electron chi connectivity index (χ0n) is 11.8. The van der Waals surface area contributed by atoms with Gasteiger partial charge in [0.1, 0.15) is 5.82 Å². The Labute approximate surface area is 130 Å². The second-order valence-electron chi connectivity index (χ2n) is 4.96. The highest BCUT2D eigenvalue weighted by atomic mass is 35.5. The SMILES string of the molecule is Cc1cc(=O)[nH]c(CCn2cnc3c(Cl)cccc3c2=O)n1. The Morgan fingerprint density at radius 2 is 2.14 bits per heavy atom. The molecule has 0 fully saturated rings. The number of H-pyrrole nitrogens is 1. The zero-order chi connectivity index (χ0) is 15.7. The first kappa shape index (κ1) is 14.5. The van der Waals surface area contributed by atoms with Gasteiger partial charge in [-0.3, -0.25) is 14.2 Å². The van der Waals surface area contributed by atoms with E-state index in [2.05, 4.69) is 15.0 Å². The Hall–Kier alpha value is -2.47. The minimum atomic E-state index is -0.196. The largest absolute Gasteiger partial charge is 0.310 e. The first-order valence-electron chi connectivity index (χ1n) is 6.75. The van der Waals surface area contributed by atoms with E-state index in [1.807, 2.05) is 0 Å². The van der Waals surface area contributed by atoms with E-state index in [9.17, 15) is 9.59 Å². The topological polar surface area (TPSA) is 80.6 Å². The molecule has 0 bridgehead atoms. The van der Waals surface area contributed by atoms with Gasteiger partial charge < -0.3 is 4.98 Å². The lowest BCUT2D eigenvalue weighted by Gasteiger charge is -2.07. The average molecular weight is 317 g/mol. The number of hydrogen-bond acceptors (Lipinski definition) is 4. The molecule has 1 N–H and O–H groups in total. The Balaban J connectivity index is 1.93. The molecule has 22 heavy (non-hydrogen) atoms. The van der Waals surface area contributed by atoms with Gasteiger partial charge in [0.15, 0.2) is 0 Å². The monoisotopic (exact) mass is 316 g/mol. The molecule has 0 saturated heterocycles. The van der Waals surface area contributed by atoms with E-state index in [0.717, 1.165) is 0 Å². The van der Waals surface area contributed by atoms with Crippen molar-refractivity contribution in [3.63, 3.8) is 0 Å². The number of fused-ring (bicyclic) bond motifs is 1. The molecular formula is C15H13ClN4O2. The van der Waals surface area contributed by atoms with Crippen LogP contribution < -0.4 is 11.1 Å². The normalized spacial score (nSPS) is 11.0. The predicted molar refractivity (Wildman–Crippen MR) is 84.3 cm³/mol. The Morgan fingerprint density at radius 1 is 1.32 bits per heavy atom. The summed E-state index contributed by atoms with van der Waals surface area (Å²) >= 11 is 6.03. The lowest BCUT2D eigenvalue weighted by atomic mass is 10.2. The molecule has 3 rings (SSSR count). The Bertz CT molecular complexity index is 962. The molecule has 0 aliphatic carbocycles. The summed E-state index contributed by atoms with van der Waals surface area (Å²) < 4.78 is 1.49. The van der Waals surface area contributed by atoms with Gasteiger partial charge in [0.05, 0.1) is 22.3 Å². The van der Waals surface area contributed by atoms with Crippen molar-refractivity contribution in [3.05, 3.63) is 67.8 Å². The van der Waals surface area contributed by atoms with E-state index < -0.39 is 0 Å². The highest BCUT2D eigenvalue weighted by Crippen LogP contribution is 2.17. The third-order valence-corrected chi connectivity index (χ3v) is 3.62. The van der Waals surface area contributed by atoms with Crippen molar-refractivity contribution in [2.75, 3.05) is 0 Å². The highest BCUT2D eigenvalue weighted by molar-refractivity contribution is 6.34. The number of para-hydroxylation sites is 1. The molecular weight excluding hydrogens is 304 g/mol. The number of halogens is 1. The molecule has 3 aromatic rings. The summed E-state index contributed by atoms with van der Waals surface area (Å²) in [4.78, 5) is 34.9. The number of benzene rings is 1. The fraction of sp³-hybridized carbons (Fsp3) is 0.200. The number of nitrogens with zero attached hydrogens (tertiary/aromatic N) is 3. The second kappa shape index (κ2) is 5.73. The van der Waals surface area contributed by atoms with E-state index in [-0.39, 0.29) is 11.1 Å². The minimum Gasteiger partial charge on any atom is -0.310 e. The Kier molecular flexibility index (Phi) is 3.77.